The second-order valence-electron chi connectivity index (χ2n) is 0.247. The summed E-state index contributed by atoms with van der Waals surface area (Å²) >= 11 is 14.4. The Labute approximate surface area is 49.4 Å². The second kappa shape index (κ2) is 5.30. The Hall–Kier alpha value is 1.30. The molecule has 0 spiro atoms. The van der Waals surface area contributed by atoms with Crippen molar-refractivity contribution >= 4 is 44.7 Å². The van der Waals surface area contributed by atoms with Crippen molar-refractivity contribution in [2.24, 2.45) is 0 Å². The van der Waals surface area contributed by atoms with Gasteiger partial charge in [0, 0.05) is 9.90 Å². The molecule has 0 aliphatic rings. The molecule has 0 aliphatic heterocycles. The summed E-state index contributed by atoms with van der Waals surface area (Å²) in [6.45, 7) is 0. The first kappa shape index (κ1) is 9.57. The fraction of sp³-hybridized carbons (Fsp3) is 1.00. The predicted molar refractivity (Wildman–Crippen MR) is 28.3 cm³/mol. The van der Waals surface area contributed by atoms with Crippen molar-refractivity contribution in [1.82, 2.24) is 0 Å². The lowest BCUT2D eigenvalue weighted by Gasteiger charge is -1.69. The maximum absolute atomic E-state index is 4.81. The molecule has 0 aromatic carbocycles. The van der Waals surface area contributed by atoms with E-state index in [1.54, 1.807) is 0 Å². The lowest BCUT2D eigenvalue weighted by atomic mass is 11.9. The van der Waals surface area contributed by atoms with Crippen LogP contribution in [0, 0.1) is 0 Å². The van der Waals surface area contributed by atoms with E-state index in [1.807, 2.05) is 0 Å². The molecule has 0 fully saturated rings. The molecule has 0 bridgehead atoms. The van der Waals surface area contributed by atoms with Gasteiger partial charge in [0.2, 0.25) is 0 Å². The summed E-state index contributed by atoms with van der Waals surface area (Å²) < 4.78 is -0.750. The summed E-state index contributed by atoms with van der Waals surface area (Å²) in [7, 11) is 0. The molecule has 31 valence electrons. The van der Waals surface area contributed by atoms with E-state index < -0.39 is 4.30 Å². The maximum Gasteiger partial charge on any atom is 0.180 e. The van der Waals surface area contributed by atoms with Crippen molar-refractivity contribution in [2.45, 2.75) is 4.30 Å². The van der Waals surface area contributed by atoms with E-state index in [1.165, 1.54) is 0 Å². The molecule has 0 amide bonds. The van der Waals surface area contributed by atoms with Gasteiger partial charge < -0.3 is 0 Å². The fourth-order valence-electron chi connectivity index (χ4n) is 0. The van der Waals surface area contributed by atoms with Crippen LogP contribution < -0.4 is 0 Å². The van der Waals surface area contributed by atoms with Gasteiger partial charge >= 0.3 is 0 Å². The molecular formula is CHCl3P. The summed E-state index contributed by atoms with van der Waals surface area (Å²) in [5.41, 5.74) is 0. The molecule has 0 aliphatic carbocycles. The first-order valence-electron chi connectivity index (χ1n) is 0.655. The molecule has 4 heteroatoms. The standard InChI is InChI=1S/CHCl3.P/c2-1(3)4;/h1H;. The van der Waals surface area contributed by atoms with E-state index in [-0.39, 0.29) is 9.90 Å². The van der Waals surface area contributed by atoms with Crippen molar-refractivity contribution in [3.05, 3.63) is 0 Å². The van der Waals surface area contributed by atoms with Crippen LogP contribution in [-0.4, -0.2) is 4.30 Å². The summed E-state index contributed by atoms with van der Waals surface area (Å²) in [4.78, 5) is 0. The van der Waals surface area contributed by atoms with Crippen molar-refractivity contribution in [1.29, 1.82) is 0 Å². The van der Waals surface area contributed by atoms with Gasteiger partial charge in [-0.25, -0.2) is 0 Å². The average molecular weight is 150 g/mol. The number of rotatable bonds is 0. The first-order chi connectivity index (χ1) is 1.73. The van der Waals surface area contributed by atoms with E-state index >= 15 is 0 Å². The Kier molecular flexibility index (Phi) is 10.1. The number of halogens is 3. The normalized spacial score (nSPS) is 7.20. The van der Waals surface area contributed by atoms with Gasteiger partial charge in [0.25, 0.3) is 0 Å². The van der Waals surface area contributed by atoms with E-state index in [0.717, 1.165) is 0 Å². The molecule has 0 N–H and O–H groups in total. The molecule has 0 unspecified atom stereocenters. The minimum Gasteiger partial charge on any atom is -0.0874 e. The van der Waals surface area contributed by atoms with Crippen LogP contribution in [0.2, 0.25) is 0 Å². The smallest absolute Gasteiger partial charge is 0.0874 e. The topological polar surface area (TPSA) is 0 Å². The average Bonchev–Trinajstić information content (AvgIpc) is 0.811. The molecule has 3 radical (unpaired) electrons. The van der Waals surface area contributed by atoms with Gasteiger partial charge in [0.05, 0.1) is 0 Å². The quantitative estimate of drug-likeness (QED) is 0.368. The second-order valence-corrected chi connectivity index (χ2v) is 2.23. The van der Waals surface area contributed by atoms with Gasteiger partial charge in [0.15, 0.2) is 4.30 Å². The van der Waals surface area contributed by atoms with Crippen LogP contribution in [0.1, 0.15) is 0 Å². The molecule has 0 aromatic rings. The SMILES string of the molecule is ClC(Cl)Cl.[P]. The molecular weight excluding hydrogens is 149 g/mol. The number of hydrogen-bond donors (Lipinski definition) is 0. The third-order valence-electron chi connectivity index (χ3n) is 0. The van der Waals surface area contributed by atoms with E-state index in [9.17, 15) is 0 Å². The molecule has 0 nitrogen and oxygen atoms in total. The van der Waals surface area contributed by atoms with Crippen LogP contribution in [0.3, 0.4) is 0 Å². The van der Waals surface area contributed by atoms with Gasteiger partial charge in [0.1, 0.15) is 0 Å². The maximum atomic E-state index is 4.81. The molecule has 0 saturated carbocycles. The minimum atomic E-state index is -0.750. The zero-order valence-electron chi connectivity index (χ0n) is 2.16. The fourth-order valence-corrected chi connectivity index (χ4v) is 0. The van der Waals surface area contributed by atoms with Crippen molar-refractivity contribution in [3.8, 4) is 0 Å². The van der Waals surface area contributed by atoms with Crippen molar-refractivity contribution in [3.63, 3.8) is 0 Å². The van der Waals surface area contributed by atoms with Crippen LogP contribution in [0.15, 0.2) is 0 Å². The van der Waals surface area contributed by atoms with Crippen LogP contribution in [0.25, 0.3) is 0 Å². The largest absolute Gasteiger partial charge is 0.180 e. The molecule has 0 saturated heterocycles. The Balaban J connectivity index is 0. The monoisotopic (exact) mass is 149 g/mol. The Morgan fingerprint density at radius 1 is 1.00 bits per heavy atom. The molecule has 0 heterocycles. The van der Waals surface area contributed by atoms with Gasteiger partial charge in [-0.15, -0.1) is 0 Å². The van der Waals surface area contributed by atoms with Crippen LogP contribution in [0.5, 0.6) is 0 Å². The molecule has 5 heavy (non-hydrogen) atoms. The number of hydrogen-bond acceptors (Lipinski definition) is 0. The highest BCUT2D eigenvalue weighted by molar-refractivity contribution is 6.92. The van der Waals surface area contributed by atoms with Crippen molar-refractivity contribution in [2.75, 3.05) is 0 Å². The first-order valence-corrected chi connectivity index (χ1v) is 1.96. The van der Waals surface area contributed by atoms with Gasteiger partial charge in [-0.3, -0.25) is 0 Å². The van der Waals surface area contributed by atoms with Crippen LogP contribution in [-0.2, 0) is 0 Å². The lowest BCUT2D eigenvalue weighted by Crippen LogP contribution is -1.55. The summed E-state index contributed by atoms with van der Waals surface area (Å²) in [5.74, 6) is 0. The zero-order chi connectivity index (χ0) is 3.58. The molecule has 0 aromatic heterocycles. The summed E-state index contributed by atoms with van der Waals surface area (Å²) in [6.07, 6.45) is 0. The van der Waals surface area contributed by atoms with Crippen molar-refractivity contribution < 1.29 is 0 Å². The van der Waals surface area contributed by atoms with Gasteiger partial charge in [-0.2, -0.15) is 0 Å². The highest BCUT2D eigenvalue weighted by Gasteiger charge is 1.78. The number of alkyl halides is 3. The van der Waals surface area contributed by atoms with Crippen LogP contribution >= 0.6 is 44.7 Å². The molecule has 0 rings (SSSR count). The lowest BCUT2D eigenvalue weighted by molar-refractivity contribution is 1.96. The van der Waals surface area contributed by atoms with Gasteiger partial charge in [-0.1, -0.05) is 34.8 Å². The Morgan fingerprint density at radius 3 is 1.00 bits per heavy atom. The zero-order valence-corrected chi connectivity index (χ0v) is 5.32. The Bertz CT molecular complexity index is 11.6. The summed E-state index contributed by atoms with van der Waals surface area (Å²) in [6, 6.07) is 0. The third-order valence-corrected chi connectivity index (χ3v) is 0. The van der Waals surface area contributed by atoms with E-state index in [4.69, 9.17) is 34.8 Å². The van der Waals surface area contributed by atoms with Gasteiger partial charge in [-0.05, 0) is 0 Å². The highest BCUT2D eigenvalue weighted by atomic mass is 35.6. The Morgan fingerprint density at radius 2 is 1.00 bits per heavy atom. The highest BCUT2D eigenvalue weighted by Crippen LogP contribution is 2.03. The summed E-state index contributed by atoms with van der Waals surface area (Å²) in [5, 5.41) is 0. The van der Waals surface area contributed by atoms with Crippen LogP contribution in [0.4, 0.5) is 0 Å². The van der Waals surface area contributed by atoms with E-state index in [2.05, 4.69) is 0 Å². The minimum absolute atomic E-state index is 0. The molecule has 0 atom stereocenters. The van der Waals surface area contributed by atoms with E-state index in [0.29, 0.717) is 0 Å². The third kappa shape index (κ3) is 34.2. The predicted octanol–water partition coefficient (Wildman–Crippen LogP) is 2.85.